The van der Waals surface area contributed by atoms with Crippen molar-refractivity contribution >= 4 is 29.3 Å². The summed E-state index contributed by atoms with van der Waals surface area (Å²) in [5.74, 6) is 0.664. The first-order chi connectivity index (χ1) is 5.83. The molecule has 0 bridgehead atoms. The molecule has 0 saturated heterocycles. The number of benzene rings is 1. The molecule has 0 atom stereocenters. The van der Waals surface area contributed by atoms with Crippen LogP contribution in [-0.2, 0) is 0 Å². The van der Waals surface area contributed by atoms with E-state index in [1.807, 2.05) is 36.4 Å². The Kier molecular flexibility index (Phi) is 4.20. The van der Waals surface area contributed by atoms with Crippen LogP contribution in [0.15, 0.2) is 30.3 Å². The van der Waals surface area contributed by atoms with Gasteiger partial charge in [0.25, 0.3) is 0 Å². The minimum absolute atomic E-state index is 0.664. The first-order valence-electron chi connectivity index (χ1n) is 3.81. The summed E-state index contributed by atoms with van der Waals surface area (Å²) in [4.78, 5) is 0. The van der Waals surface area contributed by atoms with Gasteiger partial charge in [-0.3, -0.25) is 0 Å². The van der Waals surface area contributed by atoms with E-state index >= 15 is 0 Å². The lowest BCUT2D eigenvalue weighted by atomic mass is 10.2. The summed E-state index contributed by atoms with van der Waals surface area (Å²) in [5, 5.41) is 0.767. The van der Waals surface area contributed by atoms with Crippen molar-refractivity contribution in [3.8, 4) is 0 Å². The molecule has 0 nitrogen and oxygen atoms in total. The average molecular weight is 201 g/mol. The maximum Gasteiger partial charge on any atom is 0.0411 e. The Bertz CT molecular complexity index is 266. The lowest BCUT2D eigenvalue weighted by molar-refractivity contribution is 1.24. The van der Waals surface area contributed by atoms with Gasteiger partial charge >= 0.3 is 0 Å². The highest BCUT2D eigenvalue weighted by Crippen LogP contribution is 2.11. The molecular weight excluding hydrogens is 191 g/mol. The predicted octanol–water partition coefficient (Wildman–Crippen LogP) is 3.98. The molecule has 1 rings (SSSR count). The Labute approximate surface area is 82.8 Å². The number of rotatable bonds is 3. The zero-order chi connectivity index (χ0) is 8.81. The Hall–Kier alpha value is -0.460. The second-order valence-corrected chi connectivity index (χ2v) is 3.25. The smallest absolute Gasteiger partial charge is 0.0411 e. The highest BCUT2D eigenvalue weighted by atomic mass is 35.5. The van der Waals surface area contributed by atoms with Gasteiger partial charge in [0.15, 0.2) is 0 Å². The van der Waals surface area contributed by atoms with Gasteiger partial charge in [0, 0.05) is 10.9 Å². The van der Waals surface area contributed by atoms with Crippen molar-refractivity contribution < 1.29 is 0 Å². The SMILES string of the molecule is ClCC/C=C/c1cccc(Cl)c1. The van der Waals surface area contributed by atoms with Gasteiger partial charge < -0.3 is 0 Å². The van der Waals surface area contributed by atoms with Crippen LogP contribution in [0.4, 0.5) is 0 Å². The summed E-state index contributed by atoms with van der Waals surface area (Å²) in [6, 6.07) is 7.73. The van der Waals surface area contributed by atoms with Crippen LogP contribution in [0.2, 0.25) is 5.02 Å². The van der Waals surface area contributed by atoms with Gasteiger partial charge in [-0.05, 0) is 24.1 Å². The van der Waals surface area contributed by atoms with E-state index < -0.39 is 0 Å². The van der Waals surface area contributed by atoms with Crippen LogP contribution in [0.1, 0.15) is 12.0 Å². The first kappa shape index (κ1) is 9.63. The molecule has 0 spiro atoms. The molecule has 0 heterocycles. The molecular formula is C10H10Cl2. The minimum atomic E-state index is 0.664. The highest BCUT2D eigenvalue weighted by Gasteiger charge is 1.87. The van der Waals surface area contributed by atoms with Crippen molar-refractivity contribution in [2.45, 2.75) is 6.42 Å². The van der Waals surface area contributed by atoms with Crippen molar-refractivity contribution in [3.05, 3.63) is 40.9 Å². The van der Waals surface area contributed by atoms with Gasteiger partial charge in [-0.15, -0.1) is 11.6 Å². The van der Waals surface area contributed by atoms with E-state index in [0.29, 0.717) is 5.88 Å². The molecule has 0 amide bonds. The van der Waals surface area contributed by atoms with Gasteiger partial charge in [-0.25, -0.2) is 0 Å². The van der Waals surface area contributed by atoms with Crippen LogP contribution < -0.4 is 0 Å². The van der Waals surface area contributed by atoms with Crippen LogP contribution in [0, 0.1) is 0 Å². The molecule has 1 aromatic rings. The largest absolute Gasteiger partial charge is 0.126 e. The van der Waals surface area contributed by atoms with Crippen LogP contribution in [0.25, 0.3) is 6.08 Å². The van der Waals surface area contributed by atoms with Gasteiger partial charge in [-0.1, -0.05) is 35.9 Å². The van der Waals surface area contributed by atoms with E-state index in [1.165, 1.54) is 0 Å². The Balaban J connectivity index is 2.63. The fourth-order valence-electron chi connectivity index (χ4n) is 0.893. The summed E-state index contributed by atoms with van der Waals surface area (Å²) in [7, 11) is 0. The normalized spacial score (nSPS) is 10.8. The van der Waals surface area contributed by atoms with Gasteiger partial charge in [0.05, 0.1) is 0 Å². The van der Waals surface area contributed by atoms with Crippen molar-refractivity contribution in [1.29, 1.82) is 0 Å². The van der Waals surface area contributed by atoms with E-state index in [-0.39, 0.29) is 0 Å². The van der Waals surface area contributed by atoms with E-state index in [9.17, 15) is 0 Å². The third kappa shape index (κ3) is 3.29. The second kappa shape index (κ2) is 5.23. The van der Waals surface area contributed by atoms with Gasteiger partial charge in [0.1, 0.15) is 0 Å². The molecule has 1 aromatic carbocycles. The molecule has 2 heteroatoms. The molecule has 0 radical (unpaired) electrons. The molecule has 0 aliphatic carbocycles. The predicted molar refractivity (Wildman–Crippen MR) is 55.8 cm³/mol. The molecule has 64 valence electrons. The Morgan fingerprint density at radius 3 is 2.83 bits per heavy atom. The quantitative estimate of drug-likeness (QED) is 0.648. The first-order valence-corrected chi connectivity index (χ1v) is 4.72. The third-order valence-electron chi connectivity index (χ3n) is 1.43. The fourth-order valence-corrected chi connectivity index (χ4v) is 1.22. The van der Waals surface area contributed by atoms with E-state index in [0.717, 1.165) is 17.0 Å². The fraction of sp³-hybridized carbons (Fsp3) is 0.200. The van der Waals surface area contributed by atoms with Crippen LogP contribution in [0.3, 0.4) is 0 Å². The number of alkyl halides is 1. The monoisotopic (exact) mass is 200 g/mol. The molecule has 0 aromatic heterocycles. The van der Waals surface area contributed by atoms with Crippen LogP contribution in [-0.4, -0.2) is 5.88 Å². The van der Waals surface area contributed by atoms with Crippen molar-refractivity contribution in [2.24, 2.45) is 0 Å². The average Bonchev–Trinajstić information content (AvgIpc) is 2.05. The lowest BCUT2D eigenvalue weighted by Gasteiger charge is -1.92. The van der Waals surface area contributed by atoms with Gasteiger partial charge in [-0.2, -0.15) is 0 Å². The number of hydrogen-bond donors (Lipinski definition) is 0. The minimum Gasteiger partial charge on any atom is -0.126 e. The van der Waals surface area contributed by atoms with Crippen molar-refractivity contribution in [3.63, 3.8) is 0 Å². The maximum atomic E-state index is 5.80. The topological polar surface area (TPSA) is 0 Å². The van der Waals surface area contributed by atoms with Crippen LogP contribution in [0.5, 0.6) is 0 Å². The zero-order valence-electron chi connectivity index (χ0n) is 6.63. The molecule has 0 fully saturated rings. The Morgan fingerprint density at radius 2 is 2.17 bits per heavy atom. The standard InChI is InChI=1S/C10H10Cl2/c11-7-2-1-4-9-5-3-6-10(12)8-9/h1,3-6,8H,2,7H2/b4-1+. The summed E-state index contributed by atoms with van der Waals surface area (Å²) < 4.78 is 0. The Morgan fingerprint density at radius 1 is 1.33 bits per heavy atom. The van der Waals surface area contributed by atoms with E-state index in [4.69, 9.17) is 23.2 Å². The molecule has 0 N–H and O–H groups in total. The molecule has 0 saturated carbocycles. The number of hydrogen-bond acceptors (Lipinski definition) is 0. The van der Waals surface area contributed by atoms with E-state index in [1.54, 1.807) is 0 Å². The van der Waals surface area contributed by atoms with Crippen LogP contribution >= 0.6 is 23.2 Å². The van der Waals surface area contributed by atoms with Crippen molar-refractivity contribution in [2.75, 3.05) is 5.88 Å². The molecule has 0 aliphatic heterocycles. The van der Waals surface area contributed by atoms with Gasteiger partial charge in [0.2, 0.25) is 0 Å². The molecule has 0 aliphatic rings. The zero-order valence-corrected chi connectivity index (χ0v) is 8.15. The number of halogens is 2. The summed E-state index contributed by atoms with van der Waals surface area (Å²) in [5.41, 5.74) is 1.12. The second-order valence-electron chi connectivity index (χ2n) is 2.44. The summed E-state index contributed by atoms with van der Waals surface area (Å²) in [6.45, 7) is 0. The van der Waals surface area contributed by atoms with Crippen molar-refractivity contribution in [1.82, 2.24) is 0 Å². The number of allylic oxidation sites excluding steroid dienone is 1. The highest BCUT2D eigenvalue weighted by molar-refractivity contribution is 6.30. The summed E-state index contributed by atoms with van der Waals surface area (Å²) >= 11 is 11.3. The summed E-state index contributed by atoms with van der Waals surface area (Å²) in [6.07, 6.45) is 4.96. The lowest BCUT2D eigenvalue weighted by Crippen LogP contribution is -1.71. The van der Waals surface area contributed by atoms with E-state index in [2.05, 4.69) is 0 Å². The molecule has 12 heavy (non-hydrogen) atoms. The third-order valence-corrected chi connectivity index (χ3v) is 1.89. The maximum absolute atomic E-state index is 5.80. The molecule has 0 unspecified atom stereocenters.